The average Bonchev–Trinajstić information content (AvgIpc) is 2.86. The smallest absolute Gasteiger partial charge is 0.550 e. The van der Waals surface area contributed by atoms with Gasteiger partial charge in [0.15, 0.2) is 0 Å². The number of carboxylic acid groups (broad SMARTS) is 2. The van der Waals surface area contributed by atoms with Crippen LogP contribution in [0.5, 0.6) is 0 Å². The second-order valence-corrected chi connectivity index (χ2v) is 4.37. The van der Waals surface area contributed by atoms with Crippen molar-refractivity contribution in [2.75, 3.05) is 0 Å². The molecule has 0 spiro atoms. The number of hydrogen-bond donors (Lipinski definition) is 2. The molecule has 0 aliphatic rings. The van der Waals surface area contributed by atoms with Crippen LogP contribution < -0.4 is 10.2 Å². The molecule has 2 rings (SSSR count). The Morgan fingerprint density at radius 2 is 1.04 bits per heavy atom. The van der Waals surface area contributed by atoms with Crippen LogP contribution in [-0.4, -0.2) is 32.3 Å². The van der Waals surface area contributed by atoms with Gasteiger partial charge in [-0.15, -0.1) is 0 Å². The Morgan fingerprint density at radius 3 is 1.09 bits per heavy atom. The van der Waals surface area contributed by atoms with Gasteiger partial charge in [-0.25, -0.2) is 0 Å². The van der Waals surface area contributed by atoms with Crippen LogP contribution in [0.15, 0.2) is 12.1 Å². The van der Waals surface area contributed by atoms with Crippen LogP contribution in [0.2, 0.25) is 0 Å². The molecule has 0 amide bonds. The fourth-order valence-electron chi connectivity index (χ4n) is 1.11. The molecule has 23 heavy (non-hydrogen) atoms. The van der Waals surface area contributed by atoms with E-state index in [1.54, 1.807) is 0 Å². The molecule has 0 fully saturated rings. The van der Waals surface area contributed by atoms with Gasteiger partial charge in [-0.05, 0) is 53.7 Å². The fourth-order valence-corrected chi connectivity index (χ4v) is 1.11. The van der Waals surface area contributed by atoms with Crippen LogP contribution in [0.3, 0.4) is 0 Å². The average molecular weight is 374 g/mol. The third-order valence-corrected chi connectivity index (χ3v) is 1.67. The molecule has 0 bridgehead atoms. The van der Waals surface area contributed by atoms with E-state index in [0.717, 1.165) is 36.6 Å². The molecule has 0 saturated heterocycles. The second-order valence-electron chi connectivity index (χ2n) is 4.37. The molecule has 133 valence electrons. The molecular weight excluding hydrogens is 352 g/mol. The monoisotopic (exact) mass is 373 g/mol. The molecule has 2 N–H and O–H groups in total. The van der Waals surface area contributed by atoms with Gasteiger partial charge in [-0.3, -0.25) is 10.2 Å². The summed E-state index contributed by atoms with van der Waals surface area (Å²) in [6, 6.07) is 4.00. The van der Waals surface area contributed by atoms with E-state index in [2.05, 4.69) is 20.4 Å². The number of H-pyrrole nitrogens is 2. The van der Waals surface area contributed by atoms with Crippen molar-refractivity contribution >= 4 is 11.9 Å². The minimum Gasteiger partial charge on any atom is -0.550 e. The number of aromatic amines is 2. The van der Waals surface area contributed by atoms with Crippen molar-refractivity contribution in [1.29, 1.82) is 0 Å². The number of carboxylic acids is 2. The number of aliphatic carboxylic acids is 2. The van der Waals surface area contributed by atoms with E-state index in [1.807, 2.05) is 39.8 Å². The van der Waals surface area contributed by atoms with E-state index in [-0.39, 0.29) is 17.1 Å². The van der Waals surface area contributed by atoms with Crippen LogP contribution in [0.25, 0.3) is 0 Å². The Bertz CT molecular complexity index is 475. The van der Waals surface area contributed by atoms with Gasteiger partial charge in [0, 0.05) is 23.3 Å². The van der Waals surface area contributed by atoms with Gasteiger partial charge in [0.25, 0.3) is 0 Å². The van der Waals surface area contributed by atoms with E-state index in [4.69, 9.17) is 19.8 Å². The molecule has 0 saturated carbocycles. The van der Waals surface area contributed by atoms with Gasteiger partial charge in [0.2, 0.25) is 0 Å². The van der Waals surface area contributed by atoms with Crippen molar-refractivity contribution in [3.8, 4) is 0 Å². The molecule has 1 radical (unpaired) electrons. The van der Waals surface area contributed by atoms with E-state index >= 15 is 0 Å². The largest absolute Gasteiger partial charge is 2.00 e. The maximum atomic E-state index is 8.89. The third-order valence-electron chi connectivity index (χ3n) is 1.67. The van der Waals surface area contributed by atoms with E-state index in [0.29, 0.717) is 0 Å². The molecule has 2 heterocycles. The molecule has 0 aliphatic heterocycles. The minimum absolute atomic E-state index is 0. The Morgan fingerprint density at radius 1 is 0.826 bits per heavy atom. The number of hydrogen-bond acceptors (Lipinski definition) is 6. The molecule has 9 heteroatoms. The molecule has 0 unspecified atom stereocenters. The number of aryl methyl sites for hydroxylation is 4. The van der Waals surface area contributed by atoms with Crippen LogP contribution in [0, 0.1) is 27.7 Å². The van der Waals surface area contributed by atoms with Crippen LogP contribution in [-0.2, 0) is 26.7 Å². The van der Waals surface area contributed by atoms with Crippen LogP contribution in [0.1, 0.15) is 36.6 Å². The summed E-state index contributed by atoms with van der Waals surface area (Å²) in [5.41, 5.74) is 4.35. The van der Waals surface area contributed by atoms with Crippen molar-refractivity contribution in [3.63, 3.8) is 0 Å². The molecule has 2 aromatic rings. The first kappa shape index (κ1) is 25.8. The van der Waals surface area contributed by atoms with Crippen LogP contribution >= 0.6 is 0 Å². The molecule has 0 aromatic carbocycles. The van der Waals surface area contributed by atoms with Crippen molar-refractivity contribution in [3.05, 3.63) is 34.9 Å². The maximum absolute atomic E-state index is 8.89. The number of carbonyl (C=O) groups is 2. The minimum atomic E-state index is -1.08. The Balaban J connectivity index is -0.000000238. The quantitative estimate of drug-likeness (QED) is 0.600. The van der Waals surface area contributed by atoms with E-state index in [9.17, 15) is 0 Å². The van der Waals surface area contributed by atoms with Crippen molar-refractivity contribution in [2.45, 2.75) is 41.5 Å². The Kier molecular flexibility index (Phi) is 16.6. The standard InChI is InChI=1S/2C5H8N2.2C2H4O2.Cu/c2*1-4-3-5(2)7-6-4;2*1-2(3)4;/h2*3H,1-2H3,(H,6,7);2*1H3,(H,3,4);/q;;;;+2/p-2. The van der Waals surface area contributed by atoms with Crippen molar-refractivity contribution in [1.82, 2.24) is 20.4 Å². The second kappa shape index (κ2) is 14.8. The summed E-state index contributed by atoms with van der Waals surface area (Å²) < 4.78 is 0. The number of aromatic nitrogens is 4. The molecule has 0 aliphatic carbocycles. The first-order chi connectivity index (χ1) is 10.0. The van der Waals surface area contributed by atoms with Crippen molar-refractivity contribution < 1.29 is 36.9 Å². The summed E-state index contributed by atoms with van der Waals surface area (Å²) in [6.45, 7) is 9.84. The SMILES string of the molecule is CC(=O)[O-].CC(=O)[O-].Cc1cc(C)[nH]n1.Cc1cc(C)[nH]n1.[Cu+2]. The summed E-state index contributed by atoms with van der Waals surface area (Å²) >= 11 is 0. The van der Waals surface area contributed by atoms with Gasteiger partial charge in [0.1, 0.15) is 0 Å². The number of carbonyl (C=O) groups excluding carboxylic acids is 2. The summed E-state index contributed by atoms with van der Waals surface area (Å²) in [7, 11) is 0. The van der Waals surface area contributed by atoms with Crippen molar-refractivity contribution in [2.24, 2.45) is 0 Å². The van der Waals surface area contributed by atoms with Gasteiger partial charge in [0.05, 0.1) is 11.4 Å². The maximum Gasteiger partial charge on any atom is 2.00 e. The zero-order chi connectivity index (χ0) is 17.7. The summed E-state index contributed by atoms with van der Waals surface area (Å²) in [5, 5.41) is 31.2. The fraction of sp³-hybridized carbons (Fsp3) is 0.429. The molecule has 8 nitrogen and oxygen atoms in total. The first-order valence-electron chi connectivity index (χ1n) is 6.37. The van der Waals surface area contributed by atoms with Crippen LogP contribution in [0.4, 0.5) is 0 Å². The van der Waals surface area contributed by atoms with Gasteiger partial charge in [-0.1, -0.05) is 0 Å². The predicted octanol–water partition coefficient (Wildman–Crippen LogP) is -0.437. The molecular formula is C14H22CuN4O4. The van der Waals surface area contributed by atoms with Gasteiger partial charge < -0.3 is 19.8 Å². The normalized spacial score (nSPS) is 7.91. The van der Waals surface area contributed by atoms with Gasteiger partial charge in [-0.2, -0.15) is 10.2 Å². The summed E-state index contributed by atoms with van der Waals surface area (Å²) in [5.74, 6) is -2.17. The number of rotatable bonds is 0. The number of nitrogens with one attached hydrogen (secondary N) is 2. The van der Waals surface area contributed by atoms with E-state index in [1.165, 1.54) is 0 Å². The third kappa shape index (κ3) is 25.2. The Hall–Kier alpha value is -2.12. The number of nitrogens with zero attached hydrogens (tertiary/aromatic N) is 2. The Labute approximate surface area is 146 Å². The first-order valence-corrected chi connectivity index (χ1v) is 6.37. The zero-order valence-electron chi connectivity index (χ0n) is 14.0. The summed E-state index contributed by atoms with van der Waals surface area (Å²) in [4.78, 5) is 17.8. The molecule has 2 aromatic heterocycles. The topological polar surface area (TPSA) is 138 Å². The van der Waals surface area contributed by atoms with E-state index < -0.39 is 11.9 Å². The van der Waals surface area contributed by atoms with Gasteiger partial charge >= 0.3 is 17.1 Å². The zero-order valence-corrected chi connectivity index (χ0v) is 14.9. The predicted molar refractivity (Wildman–Crippen MR) is 77.5 cm³/mol. The summed E-state index contributed by atoms with van der Waals surface area (Å²) in [6.07, 6.45) is 0. The molecule has 0 atom stereocenters.